The van der Waals surface area contributed by atoms with Gasteiger partial charge in [-0.1, -0.05) is 55.4 Å². The minimum absolute atomic E-state index is 0.0858. The predicted molar refractivity (Wildman–Crippen MR) is 228 cm³/mol. The summed E-state index contributed by atoms with van der Waals surface area (Å²) in [6.45, 7) is 16.4. The topological polar surface area (TPSA) is 308 Å². The number of rotatable bonds is 25. The van der Waals surface area contributed by atoms with Crippen LogP contribution in [0.3, 0.4) is 0 Å². The van der Waals surface area contributed by atoms with Crippen molar-refractivity contribution in [2.24, 2.45) is 29.4 Å². The second-order valence-electron chi connectivity index (χ2n) is 18.3. The summed E-state index contributed by atoms with van der Waals surface area (Å²) in [7, 11) is 0. The van der Waals surface area contributed by atoms with E-state index in [1.165, 1.54) is 11.8 Å². The predicted octanol–water partition coefficient (Wildman–Crippen LogP) is -0.837. The molecule has 0 spiro atoms. The van der Waals surface area contributed by atoms with Crippen molar-refractivity contribution < 1.29 is 53.4 Å². The van der Waals surface area contributed by atoms with Gasteiger partial charge in [-0.25, -0.2) is 4.79 Å². The molecule has 0 bridgehead atoms. The third-order valence-corrected chi connectivity index (χ3v) is 10.8. The van der Waals surface area contributed by atoms with E-state index in [0.717, 1.165) is 6.42 Å². The first-order valence-electron chi connectivity index (χ1n) is 22.0. The van der Waals surface area contributed by atoms with Gasteiger partial charge in [0.1, 0.15) is 42.3 Å². The molecule has 0 aromatic rings. The first-order chi connectivity index (χ1) is 28.9. The van der Waals surface area contributed by atoms with Crippen molar-refractivity contribution in [1.82, 2.24) is 42.1 Å². The van der Waals surface area contributed by atoms with E-state index < -0.39 is 114 Å². The number of aliphatic carboxylic acids is 1. The number of nitrogens with one attached hydrogen (secondary N) is 7. The van der Waals surface area contributed by atoms with E-state index in [2.05, 4.69) is 37.2 Å². The summed E-state index contributed by atoms with van der Waals surface area (Å²) in [4.78, 5) is 120. The molecule has 0 radical (unpaired) electrons. The van der Waals surface area contributed by atoms with Crippen molar-refractivity contribution >= 4 is 53.2 Å². The molecule has 0 aromatic carbocycles. The number of nitrogens with zero attached hydrogens (tertiary/aromatic N) is 1. The Hall–Kier alpha value is -4.85. The Kier molecular flexibility index (Phi) is 21.7. The number of aliphatic hydroxyl groups excluding tert-OH is 1. The summed E-state index contributed by atoms with van der Waals surface area (Å²) in [5, 5.41) is 39.3. The first kappa shape index (κ1) is 53.3. The number of nitrogens with two attached hydrogens (primary N) is 1. The molecule has 62 heavy (non-hydrogen) atoms. The number of hydrogen-bond donors (Lipinski definition) is 10. The number of carboxylic acids is 1. The van der Waals surface area contributed by atoms with Gasteiger partial charge >= 0.3 is 5.97 Å². The minimum atomic E-state index is -1.60. The number of hydrogen-bond acceptors (Lipinski definition) is 11. The van der Waals surface area contributed by atoms with Gasteiger partial charge < -0.3 is 58.1 Å². The number of primary amides is 1. The third kappa shape index (κ3) is 17.1. The maximum Gasteiger partial charge on any atom is 0.326 e. The standard InChI is InChI=1S/C42H73N9O11/c1-21(2)18-28(46-36(55)27(14-15-32(43)53)45-35(54)26-12-10-16-44-26)37(56)47-29(19-22(3)4)39(58)50-34(25(9)52)40(59)48-30(20-23(5)6)38(57)49-33(24(7)8)41(60)51-17-11-13-31(51)42(61)62/h21-31,33-34,44,52H,10-20H2,1-9H3,(H2,43,53)(H,45,54)(H,46,55)(H,47,56)(H,48,59)(H,49,57)(H,50,58)(H,61,62)/t25-,26+,27+,28+,29+,30+,31+,33+,34+/m1/s1. The lowest BCUT2D eigenvalue weighted by molar-refractivity contribution is -0.150. The molecule has 2 aliphatic rings. The Bertz CT molecular complexity index is 1580. The second-order valence-corrected chi connectivity index (χ2v) is 18.3. The van der Waals surface area contributed by atoms with E-state index in [9.17, 15) is 53.4 Å². The molecule has 352 valence electrons. The molecule has 0 aromatic heterocycles. The fourth-order valence-electron chi connectivity index (χ4n) is 7.54. The molecule has 2 fully saturated rings. The maximum atomic E-state index is 13.9. The minimum Gasteiger partial charge on any atom is -0.480 e. The molecule has 11 N–H and O–H groups in total. The SMILES string of the molecule is CC(C)C[C@H](NC(=O)[C@H](CCC(N)=O)NC(=O)[C@@H]1CCCN1)C(=O)N[C@@H](CC(C)C)C(=O)N[C@H](C(=O)N[C@@H](CC(C)C)C(=O)N[C@H](C(=O)N1CCC[C@H]1C(=O)O)C(C)C)[C@@H](C)O. The number of likely N-dealkylation sites (tertiary alicyclic amines) is 1. The van der Waals surface area contributed by atoms with E-state index in [0.29, 0.717) is 19.4 Å². The number of carbonyl (C=O) groups excluding carboxylic acids is 8. The highest BCUT2D eigenvalue weighted by Crippen LogP contribution is 2.21. The molecule has 2 saturated heterocycles. The van der Waals surface area contributed by atoms with Crippen LogP contribution in [-0.2, 0) is 43.2 Å². The zero-order valence-corrected chi connectivity index (χ0v) is 37.9. The molecule has 2 heterocycles. The van der Waals surface area contributed by atoms with Gasteiger partial charge in [0.15, 0.2) is 0 Å². The molecule has 0 aliphatic carbocycles. The van der Waals surface area contributed by atoms with E-state index >= 15 is 0 Å². The second kappa shape index (κ2) is 25.3. The Labute approximate surface area is 365 Å². The molecule has 0 unspecified atom stereocenters. The van der Waals surface area contributed by atoms with Crippen molar-refractivity contribution in [3.05, 3.63) is 0 Å². The largest absolute Gasteiger partial charge is 0.480 e. The molecular weight excluding hydrogens is 807 g/mol. The summed E-state index contributed by atoms with van der Waals surface area (Å²) in [6, 6.07) is -9.08. The van der Waals surface area contributed by atoms with Crippen LogP contribution in [0.15, 0.2) is 0 Å². The number of carboxylic acid groups (broad SMARTS) is 1. The monoisotopic (exact) mass is 880 g/mol. The number of amides is 8. The van der Waals surface area contributed by atoms with Gasteiger partial charge in [0, 0.05) is 13.0 Å². The quantitative estimate of drug-likeness (QED) is 0.0537. The lowest BCUT2D eigenvalue weighted by Gasteiger charge is -2.31. The average Bonchev–Trinajstić information content (AvgIpc) is 3.89. The van der Waals surface area contributed by atoms with Crippen LogP contribution < -0.4 is 43.0 Å². The zero-order valence-electron chi connectivity index (χ0n) is 37.9. The Balaban J connectivity index is 2.28. The van der Waals surface area contributed by atoms with Crippen molar-refractivity contribution in [1.29, 1.82) is 0 Å². The molecule has 20 heteroatoms. The average molecular weight is 880 g/mol. The van der Waals surface area contributed by atoms with Crippen molar-refractivity contribution in [2.45, 2.75) is 175 Å². The van der Waals surface area contributed by atoms with Gasteiger partial charge in [-0.2, -0.15) is 0 Å². The van der Waals surface area contributed by atoms with Crippen LogP contribution in [0.25, 0.3) is 0 Å². The van der Waals surface area contributed by atoms with Gasteiger partial charge in [-0.05, 0) is 88.5 Å². The Morgan fingerprint density at radius 3 is 1.52 bits per heavy atom. The van der Waals surface area contributed by atoms with Crippen LogP contribution >= 0.6 is 0 Å². The van der Waals surface area contributed by atoms with E-state index in [4.69, 9.17) is 5.73 Å². The number of carbonyl (C=O) groups is 9. The van der Waals surface area contributed by atoms with Gasteiger partial charge in [-0.3, -0.25) is 38.4 Å². The molecule has 20 nitrogen and oxygen atoms in total. The highest BCUT2D eigenvalue weighted by atomic mass is 16.4. The summed E-state index contributed by atoms with van der Waals surface area (Å²) < 4.78 is 0. The van der Waals surface area contributed by atoms with Gasteiger partial charge in [0.2, 0.25) is 47.3 Å². The summed E-state index contributed by atoms with van der Waals surface area (Å²) in [5.74, 6) is -7.58. The molecule has 2 rings (SSSR count). The van der Waals surface area contributed by atoms with E-state index in [1.807, 2.05) is 27.7 Å². The van der Waals surface area contributed by atoms with Crippen molar-refractivity contribution in [2.75, 3.05) is 13.1 Å². The normalized spacial score (nSPS) is 19.8. The smallest absolute Gasteiger partial charge is 0.326 e. The molecular formula is C42H73N9O11. The lowest BCUT2D eigenvalue weighted by Crippen LogP contribution is -2.62. The summed E-state index contributed by atoms with van der Waals surface area (Å²) >= 11 is 0. The van der Waals surface area contributed by atoms with E-state index in [-0.39, 0.29) is 62.8 Å². The van der Waals surface area contributed by atoms with Crippen LogP contribution in [0.5, 0.6) is 0 Å². The fourth-order valence-corrected chi connectivity index (χ4v) is 7.54. The maximum absolute atomic E-state index is 13.9. The summed E-state index contributed by atoms with van der Waals surface area (Å²) in [5.41, 5.74) is 5.34. The molecule has 0 saturated carbocycles. The lowest BCUT2D eigenvalue weighted by atomic mass is 9.98. The van der Waals surface area contributed by atoms with Crippen LogP contribution in [0.4, 0.5) is 0 Å². The first-order valence-corrected chi connectivity index (χ1v) is 22.0. The molecule has 8 amide bonds. The van der Waals surface area contributed by atoms with Gasteiger partial charge in [0.05, 0.1) is 12.1 Å². The highest BCUT2D eigenvalue weighted by molar-refractivity contribution is 5.98. The van der Waals surface area contributed by atoms with E-state index in [1.54, 1.807) is 27.7 Å². The van der Waals surface area contributed by atoms with Crippen LogP contribution in [0.1, 0.15) is 120 Å². The third-order valence-electron chi connectivity index (χ3n) is 10.8. The van der Waals surface area contributed by atoms with Crippen LogP contribution in [0.2, 0.25) is 0 Å². The van der Waals surface area contributed by atoms with Crippen molar-refractivity contribution in [3.8, 4) is 0 Å². The van der Waals surface area contributed by atoms with Crippen LogP contribution in [-0.4, -0.2) is 136 Å². The highest BCUT2D eigenvalue weighted by Gasteiger charge is 2.40. The van der Waals surface area contributed by atoms with Gasteiger partial charge in [0.25, 0.3) is 0 Å². The van der Waals surface area contributed by atoms with Crippen LogP contribution in [0, 0.1) is 23.7 Å². The van der Waals surface area contributed by atoms with Gasteiger partial charge in [-0.15, -0.1) is 0 Å². The molecule has 2 aliphatic heterocycles. The number of aliphatic hydroxyl groups is 1. The molecule has 9 atom stereocenters. The fraction of sp³-hybridized carbons (Fsp3) is 0.786. The summed E-state index contributed by atoms with van der Waals surface area (Å²) in [6.07, 6.45) is 0.650. The zero-order chi connectivity index (χ0) is 47.0. The Morgan fingerprint density at radius 1 is 0.629 bits per heavy atom. The Morgan fingerprint density at radius 2 is 1.10 bits per heavy atom. The van der Waals surface area contributed by atoms with Crippen molar-refractivity contribution in [3.63, 3.8) is 0 Å².